The minimum Gasteiger partial charge on any atom is -0.444 e. The van der Waals surface area contributed by atoms with Crippen molar-refractivity contribution in [1.82, 2.24) is 10.6 Å². The van der Waals surface area contributed by atoms with Crippen LogP contribution in [0.2, 0.25) is 0 Å². The maximum absolute atomic E-state index is 12.1. The number of benzene rings is 2. The van der Waals surface area contributed by atoms with E-state index in [1.54, 1.807) is 32.9 Å². The first-order valence-corrected chi connectivity index (χ1v) is 11.9. The van der Waals surface area contributed by atoms with E-state index in [2.05, 4.69) is 15.6 Å². The molecule has 0 radical (unpaired) electrons. The summed E-state index contributed by atoms with van der Waals surface area (Å²) < 4.78 is 29.1. The van der Waals surface area contributed by atoms with Gasteiger partial charge in [0.2, 0.25) is 12.0 Å². The highest BCUT2D eigenvalue weighted by Gasteiger charge is 2.15. The van der Waals surface area contributed by atoms with Crippen molar-refractivity contribution in [3.63, 3.8) is 0 Å². The second-order valence-corrected chi connectivity index (χ2v) is 8.78. The summed E-state index contributed by atoms with van der Waals surface area (Å²) in [7, 11) is 0. The van der Waals surface area contributed by atoms with Crippen LogP contribution < -0.4 is 22.1 Å². The fourth-order valence-electron chi connectivity index (χ4n) is 2.42. The lowest BCUT2D eigenvalue weighted by Crippen LogP contribution is -2.34. The van der Waals surface area contributed by atoms with Crippen LogP contribution in [0.3, 0.4) is 0 Å². The number of alkyl carbamates (subject to hydrolysis) is 1. The third-order valence-corrected chi connectivity index (χ3v) is 4.34. The van der Waals surface area contributed by atoms with E-state index in [4.69, 9.17) is 16.2 Å². The minimum atomic E-state index is -0.578. The maximum Gasteiger partial charge on any atom is 0.407 e. The number of hydrogen-bond donors (Lipinski definition) is 4. The Labute approximate surface area is 240 Å². The van der Waals surface area contributed by atoms with Crippen LogP contribution >= 0.6 is 12.4 Å². The molecule has 0 aliphatic rings. The van der Waals surface area contributed by atoms with Gasteiger partial charge < -0.3 is 26.8 Å². The third kappa shape index (κ3) is 21.1. The zero-order valence-electron chi connectivity index (χ0n) is 22.9. The second-order valence-electron chi connectivity index (χ2n) is 8.78. The van der Waals surface area contributed by atoms with Gasteiger partial charge in [-0.05, 0) is 49.6 Å². The Morgan fingerprint density at radius 1 is 0.900 bits per heavy atom. The van der Waals surface area contributed by atoms with Crippen LogP contribution in [0, 0.1) is 0 Å². The molecule has 220 valence electrons. The molecule has 0 saturated heterocycles. The van der Waals surface area contributed by atoms with Crippen molar-refractivity contribution in [2.75, 3.05) is 26.2 Å². The molecule has 0 fully saturated rings. The van der Waals surface area contributed by atoms with Gasteiger partial charge in [-0.3, -0.25) is 4.79 Å². The minimum absolute atomic E-state index is 0. The molecule has 2 aromatic carbocycles. The van der Waals surface area contributed by atoms with E-state index in [0.717, 1.165) is 5.56 Å². The zero-order valence-corrected chi connectivity index (χ0v) is 23.7. The highest BCUT2D eigenvalue weighted by atomic mass is 35.5. The Hall–Kier alpha value is -3.89. The summed E-state index contributed by atoms with van der Waals surface area (Å²) in [6.45, 7) is 5.68. The largest absolute Gasteiger partial charge is 0.444 e. The van der Waals surface area contributed by atoms with Crippen molar-refractivity contribution in [2.24, 2.45) is 16.5 Å². The number of carbonyl (C=O) groups is 2. The molecule has 2 amide bonds. The molecule has 2 aromatic rings. The average Bonchev–Trinajstić information content (AvgIpc) is 2.91. The van der Waals surface area contributed by atoms with Crippen LogP contribution in [-0.2, 0) is 20.7 Å². The molecule has 0 aromatic heterocycles. The average molecular weight is 582 g/mol. The van der Waals surface area contributed by atoms with E-state index in [1.807, 2.05) is 48.5 Å². The SMILES string of the molecule is CC(C)(C)OC(=O)NC/C(=C/F)CN.Cl.NC/C(=C/F)CNC(=O)Cc1ccccc1.O=C=Nc1ccccc1. The lowest BCUT2D eigenvalue weighted by Gasteiger charge is -2.19. The van der Waals surface area contributed by atoms with Crippen molar-refractivity contribution < 1.29 is 27.9 Å². The van der Waals surface area contributed by atoms with Crippen molar-refractivity contribution in [1.29, 1.82) is 0 Å². The smallest absolute Gasteiger partial charge is 0.407 e. The van der Waals surface area contributed by atoms with E-state index in [-0.39, 0.29) is 44.5 Å². The standard InChI is InChI=1S/C12H15FN2O.C9H17FN2O2.C7H5NO.ClH/c13-7-11(8-14)9-15-12(16)6-10-4-2-1-3-5-10;1-9(2,3)14-8(13)12-6-7(4-10)5-11;9-6-8-7-4-2-1-3-5-7;/h1-5,7H,6,8-9,14H2,(H,15,16);4H,5-6,11H2,1-3H3,(H,12,13);1-5H;1H/b11-7-;7-4+;;. The molecule has 0 heterocycles. The topological polar surface area (TPSA) is 149 Å². The number of rotatable bonds is 9. The van der Waals surface area contributed by atoms with Gasteiger partial charge in [0.15, 0.2) is 0 Å². The molecule has 0 atom stereocenters. The van der Waals surface area contributed by atoms with E-state index in [0.29, 0.717) is 35.9 Å². The van der Waals surface area contributed by atoms with Gasteiger partial charge >= 0.3 is 6.09 Å². The summed E-state index contributed by atoms with van der Waals surface area (Å²) in [6.07, 6.45) is 2.00. The van der Waals surface area contributed by atoms with E-state index >= 15 is 0 Å². The van der Waals surface area contributed by atoms with Gasteiger partial charge in [0.05, 0.1) is 24.8 Å². The Bertz CT molecular complexity index is 1090. The van der Waals surface area contributed by atoms with E-state index < -0.39 is 11.7 Å². The van der Waals surface area contributed by atoms with Crippen LogP contribution in [-0.4, -0.2) is 49.9 Å². The van der Waals surface area contributed by atoms with Gasteiger partial charge in [0.25, 0.3) is 0 Å². The summed E-state index contributed by atoms with van der Waals surface area (Å²) in [4.78, 5) is 35.6. The summed E-state index contributed by atoms with van der Waals surface area (Å²) in [5.41, 5.74) is 12.2. The predicted octanol–water partition coefficient (Wildman–Crippen LogP) is 4.56. The number of isocyanates is 1. The number of ether oxygens (including phenoxy) is 1. The molecule has 0 aliphatic carbocycles. The Balaban J connectivity index is 0. The van der Waals surface area contributed by atoms with E-state index in [9.17, 15) is 23.2 Å². The van der Waals surface area contributed by atoms with Crippen molar-refractivity contribution >= 4 is 36.2 Å². The molecule has 12 heteroatoms. The number of nitrogens with zero attached hydrogens (tertiary/aromatic N) is 1. The predicted molar refractivity (Wildman–Crippen MR) is 155 cm³/mol. The molecule has 6 N–H and O–H groups in total. The van der Waals surface area contributed by atoms with Crippen molar-refractivity contribution in [3.8, 4) is 0 Å². The normalized spacial score (nSPS) is 10.7. The van der Waals surface area contributed by atoms with Crippen molar-refractivity contribution in [2.45, 2.75) is 32.8 Å². The number of hydrogen-bond acceptors (Lipinski definition) is 7. The Morgan fingerprint density at radius 3 is 1.80 bits per heavy atom. The zero-order chi connectivity index (χ0) is 29.5. The maximum atomic E-state index is 12.1. The second kappa shape index (κ2) is 23.0. The van der Waals surface area contributed by atoms with Gasteiger partial charge in [0, 0.05) is 26.2 Å². The molecular formula is C28H38ClF2N5O4. The van der Waals surface area contributed by atoms with Crippen LogP contribution in [0.4, 0.5) is 19.3 Å². The monoisotopic (exact) mass is 581 g/mol. The van der Waals surface area contributed by atoms with Gasteiger partial charge in [-0.1, -0.05) is 48.5 Å². The van der Waals surface area contributed by atoms with Crippen LogP contribution in [0.25, 0.3) is 0 Å². The fraction of sp³-hybridized carbons (Fsp3) is 0.321. The van der Waals surface area contributed by atoms with Crippen LogP contribution in [0.5, 0.6) is 0 Å². The molecule has 0 spiro atoms. The van der Waals surface area contributed by atoms with E-state index in [1.165, 1.54) is 6.08 Å². The first-order chi connectivity index (χ1) is 18.6. The third-order valence-electron chi connectivity index (χ3n) is 4.34. The summed E-state index contributed by atoms with van der Waals surface area (Å²) in [6, 6.07) is 18.3. The van der Waals surface area contributed by atoms with Gasteiger partial charge in [-0.15, -0.1) is 12.4 Å². The number of nitrogens with two attached hydrogens (primary N) is 2. The highest BCUT2D eigenvalue weighted by molar-refractivity contribution is 5.85. The number of halogens is 3. The Kier molecular flexibility index (Phi) is 22.0. The number of amides is 2. The molecular weight excluding hydrogens is 544 g/mol. The van der Waals surface area contributed by atoms with Gasteiger partial charge in [0.1, 0.15) is 5.60 Å². The lowest BCUT2D eigenvalue weighted by atomic mass is 10.1. The van der Waals surface area contributed by atoms with Crippen LogP contribution in [0.15, 0.2) is 89.5 Å². The first-order valence-electron chi connectivity index (χ1n) is 11.9. The molecule has 40 heavy (non-hydrogen) atoms. The first kappa shape index (κ1) is 38.3. The summed E-state index contributed by atoms with van der Waals surface area (Å²) in [5.74, 6) is -0.140. The number of nitrogens with one attached hydrogen (secondary N) is 2. The molecule has 9 nitrogen and oxygen atoms in total. The van der Waals surface area contributed by atoms with Crippen molar-refractivity contribution in [3.05, 3.63) is 90.0 Å². The van der Waals surface area contributed by atoms with Gasteiger partial charge in [-0.25, -0.2) is 18.4 Å². The molecule has 0 bridgehead atoms. The summed E-state index contributed by atoms with van der Waals surface area (Å²) in [5, 5.41) is 5.00. The summed E-state index contributed by atoms with van der Waals surface area (Å²) >= 11 is 0. The lowest BCUT2D eigenvalue weighted by molar-refractivity contribution is -0.120. The molecule has 0 saturated carbocycles. The molecule has 0 aliphatic heterocycles. The van der Waals surface area contributed by atoms with Crippen LogP contribution in [0.1, 0.15) is 26.3 Å². The van der Waals surface area contributed by atoms with Gasteiger partial charge in [-0.2, -0.15) is 4.99 Å². The number of aliphatic imine (C=N–C) groups is 1. The number of para-hydroxylation sites is 1. The molecule has 2 rings (SSSR count). The molecule has 0 unspecified atom stereocenters. The quantitative estimate of drug-likeness (QED) is 0.252. The highest BCUT2D eigenvalue weighted by Crippen LogP contribution is 2.07. The number of carbonyl (C=O) groups excluding carboxylic acids is 3. The fourth-order valence-corrected chi connectivity index (χ4v) is 2.42. The Morgan fingerprint density at radius 2 is 1.38 bits per heavy atom.